The van der Waals surface area contributed by atoms with Crippen molar-refractivity contribution in [2.24, 2.45) is 5.92 Å². The molecule has 2 heterocycles. The van der Waals surface area contributed by atoms with Crippen LogP contribution < -0.4 is 19.5 Å². The molecule has 1 amide bonds. The zero-order chi connectivity index (χ0) is 32.7. The van der Waals surface area contributed by atoms with Gasteiger partial charge in [-0.05, 0) is 41.6 Å². The average Bonchev–Trinajstić information content (AvgIpc) is 3.67. The van der Waals surface area contributed by atoms with E-state index in [9.17, 15) is 19.5 Å². The molecule has 1 aromatic heterocycles. The number of Topliss-reactive ketones (excluding diaryl/α,β-unsaturated/α-hetero) is 2. The first-order valence-electron chi connectivity index (χ1n) is 14.7. The number of thioether (sulfide) groups is 1. The maximum atomic E-state index is 14.3. The summed E-state index contributed by atoms with van der Waals surface area (Å²) in [5.41, 5.74) is 0.588. The third-order valence-corrected chi connectivity index (χ3v) is 10.0. The van der Waals surface area contributed by atoms with Crippen LogP contribution in [0.5, 0.6) is 17.2 Å². The molecule has 1 aliphatic heterocycles. The molecule has 11 heteroatoms. The minimum atomic E-state index is -1.95. The Kier molecular flexibility index (Phi) is 8.52. The van der Waals surface area contributed by atoms with Crippen LogP contribution >= 0.6 is 23.4 Å². The summed E-state index contributed by atoms with van der Waals surface area (Å²) < 4.78 is 17.2. The highest BCUT2D eigenvalue weighted by Gasteiger charge is 2.61. The molecule has 0 radical (unpaired) electrons. The normalized spacial score (nSPS) is 19.7. The molecule has 4 aromatic rings. The van der Waals surface area contributed by atoms with Gasteiger partial charge in [-0.3, -0.25) is 14.4 Å². The molecular formula is C35H33ClN2O7S. The first kappa shape index (κ1) is 31.6. The summed E-state index contributed by atoms with van der Waals surface area (Å²) in [7, 11) is 2.83. The molecule has 2 aliphatic rings. The number of ketones is 2. The number of aromatic nitrogens is 1. The van der Waals surface area contributed by atoms with E-state index >= 15 is 0 Å². The molecule has 1 unspecified atom stereocenters. The number of carbonyl (C=O) groups excluding carboxylic acids is 3. The van der Waals surface area contributed by atoms with Gasteiger partial charge in [-0.25, -0.2) is 0 Å². The largest absolute Gasteiger partial charge is 0.507 e. The number of methoxy groups -OCH3 is 2. The monoisotopic (exact) mass is 660 g/mol. The van der Waals surface area contributed by atoms with E-state index in [0.717, 1.165) is 21.4 Å². The number of aliphatic hydroxyl groups excluding tert-OH is 1. The lowest BCUT2D eigenvalue weighted by Gasteiger charge is -2.38. The molecule has 1 spiro atoms. The highest BCUT2D eigenvalue weighted by Crippen LogP contribution is 2.55. The summed E-state index contributed by atoms with van der Waals surface area (Å²) in [5.74, 6) is -3.05. The van der Waals surface area contributed by atoms with Crippen LogP contribution in [0.25, 0.3) is 10.9 Å². The Morgan fingerprint density at radius 3 is 2.59 bits per heavy atom. The number of aliphatic hydroxyl groups is 1. The minimum absolute atomic E-state index is 0.00696. The number of benzene rings is 3. The van der Waals surface area contributed by atoms with Crippen molar-refractivity contribution in [3.63, 3.8) is 0 Å². The van der Waals surface area contributed by atoms with Gasteiger partial charge in [0.1, 0.15) is 22.1 Å². The number of ether oxygens (including phenoxy) is 3. The second-order valence-corrected chi connectivity index (χ2v) is 12.7. The van der Waals surface area contributed by atoms with Crippen LogP contribution in [0.15, 0.2) is 77.0 Å². The molecule has 1 aliphatic carbocycles. The van der Waals surface area contributed by atoms with E-state index in [1.165, 1.54) is 20.3 Å². The van der Waals surface area contributed by atoms with Gasteiger partial charge in [0.2, 0.25) is 17.3 Å². The van der Waals surface area contributed by atoms with Crippen molar-refractivity contribution in [1.82, 2.24) is 10.3 Å². The van der Waals surface area contributed by atoms with Crippen LogP contribution in [-0.4, -0.2) is 53.6 Å². The Morgan fingerprint density at radius 2 is 1.89 bits per heavy atom. The number of carbonyl (C=O) groups is 3. The van der Waals surface area contributed by atoms with E-state index in [2.05, 4.69) is 10.3 Å². The molecule has 3 N–H and O–H groups in total. The smallest absolute Gasteiger partial charge is 0.231 e. The Hall–Kier alpha value is -4.41. The summed E-state index contributed by atoms with van der Waals surface area (Å²) in [4.78, 5) is 45.9. The topological polar surface area (TPSA) is 127 Å². The van der Waals surface area contributed by atoms with E-state index in [4.69, 9.17) is 25.8 Å². The van der Waals surface area contributed by atoms with Gasteiger partial charge < -0.3 is 29.6 Å². The van der Waals surface area contributed by atoms with Gasteiger partial charge in [0, 0.05) is 64.9 Å². The molecule has 6 rings (SSSR count). The van der Waals surface area contributed by atoms with Crippen molar-refractivity contribution in [2.75, 3.05) is 20.5 Å². The predicted octanol–water partition coefficient (Wildman–Crippen LogP) is 6.79. The minimum Gasteiger partial charge on any atom is -0.507 e. The second kappa shape index (κ2) is 12.4. The fourth-order valence-electron chi connectivity index (χ4n) is 6.52. The van der Waals surface area contributed by atoms with E-state index in [1.807, 2.05) is 61.0 Å². The number of halogens is 1. The lowest BCUT2D eigenvalue weighted by Crippen LogP contribution is -2.53. The summed E-state index contributed by atoms with van der Waals surface area (Å²) in [5, 5.41) is 16.1. The third kappa shape index (κ3) is 5.09. The summed E-state index contributed by atoms with van der Waals surface area (Å²) in [6.45, 7) is 1.94. The molecule has 0 saturated carbocycles. The molecule has 0 fully saturated rings. The summed E-state index contributed by atoms with van der Waals surface area (Å²) in [6.07, 6.45) is 3.53. The van der Waals surface area contributed by atoms with Crippen molar-refractivity contribution in [3.8, 4) is 17.2 Å². The van der Waals surface area contributed by atoms with Crippen molar-refractivity contribution < 1.29 is 33.7 Å². The average molecular weight is 661 g/mol. The van der Waals surface area contributed by atoms with E-state index in [-0.39, 0.29) is 64.5 Å². The molecule has 9 nitrogen and oxygen atoms in total. The fourth-order valence-corrected chi connectivity index (χ4v) is 7.19. The maximum absolute atomic E-state index is 14.3. The molecular weight excluding hydrogens is 628 g/mol. The summed E-state index contributed by atoms with van der Waals surface area (Å²) >= 11 is 8.16. The Balaban J connectivity index is 1.42. The van der Waals surface area contributed by atoms with Crippen molar-refractivity contribution in [2.45, 2.75) is 42.7 Å². The lowest BCUT2D eigenvalue weighted by atomic mass is 9.69. The van der Waals surface area contributed by atoms with Gasteiger partial charge in [-0.1, -0.05) is 42.8 Å². The van der Waals surface area contributed by atoms with Crippen LogP contribution in [0.1, 0.15) is 47.2 Å². The number of nitrogens with one attached hydrogen (secondary N) is 2. The van der Waals surface area contributed by atoms with Gasteiger partial charge in [0.25, 0.3) is 0 Å². The van der Waals surface area contributed by atoms with Crippen LogP contribution in [0, 0.1) is 5.92 Å². The van der Waals surface area contributed by atoms with Crippen LogP contribution in [0.3, 0.4) is 0 Å². The molecule has 0 saturated heterocycles. The molecule has 0 bridgehead atoms. The van der Waals surface area contributed by atoms with E-state index < -0.39 is 29.0 Å². The highest BCUT2D eigenvalue weighted by atomic mass is 35.5. The first-order valence-corrected chi connectivity index (χ1v) is 16.4. The third-order valence-electron chi connectivity index (χ3n) is 8.93. The van der Waals surface area contributed by atoms with Crippen LogP contribution in [0.4, 0.5) is 0 Å². The fraction of sp³-hybridized carbons (Fsp3) is 0.286. The Labute approximate surface area is 275 Å². The summed E-state index contributed by atoms with van der Waals surface area (Å²) in [6, 6.07) is 16.7. The van der Waals surface area contributed by atoms with Gasteiger partial charge in [-0.15, -0.1) is 11.8 Å². The van der Waals surface area contributed by atoms with E-state index in [1.54, 1.807) is 18.7 Å². The number of aromatic amines is 1. The van der Waals surface area contributed by atoms with Crippen LogP contribution in [0.2, 0.25) is 5.02 Å². The second-order valence-electron chi connectivity index (χ2n) is 11.4. The predicted molar refractivity (Wildman–Crippen MR) is 176 cm³/mol. The number of H-pyrrole nitrogens is 1. The molecule has 238 valence electrons. The van der Waals surface area contributed by atoms with Crippen LogP contribution in [-0.2, 0) is 16.1 Å². The van der Waals surface area contributed by atoms with Crippen molar-refractivity contribution in [1.29, 1.82) is 0 Å². The SMILES string of the molecule is COc1cc(OC)c2c(c1Cl)O[C@]1(C2=O)C(O)=C(C(CC(=O)NCc2cccc3[nH]ccc23)c2ccc(SC)cc2)C(=O)C[C@H]1C. The number of rotatable bonds is 9. The molecule has 3 atom stereocenters. The zero-order valence-corrected chi connectivity index (χ0v) is 27.3. The van der Waals surface area contributed by atoms with Crippen molar-refractivity contribution in [3.05, 3.63) is 93.8 Å². The van der Waals surface area contributed by atoms with Gasteiger partial charge >= 0.3 is 0 Å². The number of hydrogen-bond acceptors (Lipinski definition) is 8. The van der Waals surface area contributed by atoms with Gasteiger partial charge in [0.15, 0.2) is 17.3 Å². The number of hydrogen-bond donors (Lipinski definition) is 3. The van der Waals surface area contributed by atoms with Crippen molar-refractivity contribution >= 4 is 51.7 Å². The Bertz CT molecular complexity index is 1900. The van der Waals surface area contributed by atoms with Gasteiger partial charge in [-0.2, -0.15) is 0 Å². The maximum Gasteiger partial charge on any atom is 0.231 e. The molecule has 3 aromatic carbocycles. The Morgan fingerprint density at radius 1 is 1.15 bits per heavy atom. The lowest BCUT2D eigenvalue weighted by molar-refractivity contribution is -0.122. The quantitative estimate of drug-likeness (QED) is 0.168. The highest BCUT2D eigenvalue weighted by molar-refractivity contribution is 7.98. The zero-order valence-electron chi connectivity index (χ0n) is 25.7. The van der Waals surface area contributed by atoms with E-state index in [0.29, 0.717) is 5.56 Å². The number of amides is 1. The number of allylic oxidation sites excluding steroid dienone is 1. The standard InChI is InChI=1S/C35H33ClN2O7S/c1-18-14-25(39)29(33(41)35(18)34(42)30-26(43-2)16-27(44-3)31(36)32(30)45-35)23(19-8-10-21(46-4)11-9-19)15-28(40)38-17-20-6-5-7-24-22(20)12-13-37-24/h5-13,16,18,23,37,41H,14-15,17H2,1-4H3,(H,38,40)/t18-,23?,35+/m1/s1. The van der Waals surface area contributed by atoms with Gasteiger partial charge in [0.05, 0.1) is 14.2 Å². The first-order chi connectivity index (χ1) is 22.1. The number of fused-ring (bicyclic) bond motifs is 2. The molecule has 46 heavy (non-hydrogen) atoms.